The van der Waals surface area contributed by atoms with Gasteiger partial charge in [-0.25, -0.2) is 8.78 Å². The van der Waals surface area contributed by atoms with Crippen molar-refractivity contribution in [3.8, 4) is 0 Å². The third kappa shape index (κ3) is 4.86. The molecular weight excluding hydrogens is 250 g/mol. The summed E-state index contributed by atoms with van der Waals surface area (Å²) in [7, 11) is 2.00. The third-order valence-electron chi connectivity index (χ3n) is 3.19. The average Bonchev–Trinajstić information content (AvgIpc) is 2.34. The molecule has 0 radical (unpaired) electrons. The van der Waals surface area contributed by atoms with E-state index in [1.54, 1.807) is 0 Å². The van der Waals surface area contributed by atoms with Crippen molar-refractivity contribution in [1.82, 2.24) is 10.2 Å². The molecule has 1 aromatic rings. The lowest BCUT2D eigenvalue weighted by Gasteiger charge is -2.21. The summed E-state index contributed by atoms with van der Waals surface area (Å²) in [5, 5.41) is 12.8. The van der Waals surface area contributed by atoms with E-state index in [4.69, 9.17) is 0 Å². The largest absolute Gasteiger partial charge is 0.387 e. The van der Waals surface area contributed by atoms with Gasteiger partial charge in [0.15, 0.2) is 0 Å². The molecule has 0 heterocycles. The fourth-order valence-corrected chi connectivity index (χ4v) is 1.68. The zero-order valence-electron chi connectivity index (χ0n) is 11.7. The molecule has 2 N–H and O–H groups in total. The minimum absolute atomic E-state index is 0.129. The zero-order chi connectivity index (χ0) is 14.4. The Morgan fingerprint density at radius 1 is 1.26 bits per heavy atom. The van der Waals surface area contributed by atoms with Crippen LogP contribution in [0.4, 0.5) is 8.78 Å². The summed E-state index contributed by atoms with van der Waals surface area (Å²) in [5.74, 6) is -1.43. The minimum Gasteiger partial charge on any atom is -0.387 e. The molecule has 0 aliphatic heterocycles. The van der Waals surface area contributed by atoms with E-state index in [0.717, 1.165) is 18.7 Å². The maximum Gasteiger partial charge on any atom is 0.131 e. The summed E-state index contributed by atoms with van der Waals surface area (Å²) in [4.78, 5) is 2.14. The number of hydrogen-bond acceptors (Lipinski definition) is 3. The van der Waals surface area contributed by atoms with Crippen LogP contribution in [0.5, 0.6) is 0 Å². The molecule has 0 aromatic heterocycles. The first-order valence-electron chi connectivity index (χ1n) is 6.46. The number of hydrogen-bond donors (Lipinski definition) is 2. The van der Waals surface area contributed by atoms with Gasteiger partial charge in [0.1, 0.15) is 11.6 Å². The van der Waals surface area contributed by atoms with Gasteiger partial charge in [-0.2, -0.15) is 0 Å². The lowest BCUT2D eigenvalue weighted by molar-refractivity contribution is 0.162. The SMILES string of the molecule is CC(C)N(C)CCNCC(O)c1c(F)cccc1F. The topological polar surface area (TPSA) is 35.5 Å². The minimum atomic E-state index is -1.18. The lowest BCUT2D eigenvalue weighted by Crippen LogP contribution is -2.35. The molecule has 1 rings (SSSR count). The van der Waals surface area contributed by atoms with Crippen LogP contribution >= 0.6 is 0 Å². The smallest absolute Gasteiger partial charge is 0.131 e. The Balaban J connectivity index is 2.42. The molecular formula is C14H22F2N2O. The van der Waals surface area contributed by atoms with Gasteiger partial charge in [0.2, 0.25) is 0 Å². The van der Waals surface area contributed by atoms with E-state index in [-0.39, 0.29) is 12.1 Å². The van der Waals surface area contributed by atoms with Crippen LogP contribution in [-0.4, -0.2) is 42.7 Å². The van der Waals surface area contributed by atoms with Crippen molar-refractivity contribution in [2.75, 3.05) is 26.7 Å². The number of likely N-dealkylation sites (N-methyl/N-ethyl adjacent to an activating group) is 1. The lowest BCUT2D eigenvalue weighted by atomic mass is 10.1. The Labute approximate surface area is 113 Å². The molecule has 0 fully saturated rings. The van der Waals surface area contributed by atoms with Gasteiger partial charge >= 0.3 is 0 Å². The van der Waals surface area contributed by atoms with E-state index >= 15 is 0 Å². The normalized spacial score (nSPS) is 13.3. The molecule has 108 valence electrons. The Hall–Kier alpha value is -1.04. The molecule has 19 heavy (non-hydrogen) atoms. The Morgan fingerprint density at radius 3 is 2.37 bits per heavy atom. The highest BCUT2D eigenvalue weighted by molar-refractivity contribution is 5.22. The van der Waals surface area contributed by atoms with Crippen LogP contribution in [0.15, 0.2) is 18.2 Å². The molecule has 0 aliphatic rings. The molecule has 1 atom stereocenters. The number of nitrogens with zero attached hydrogens (tertiary/aromatic N) is 1. The molecule has 0 amide bonds. The highest BCUT2D eigenvalue weighted by atomic mass is 19.1. The number of halogens is 2. The van der Waals surface area contributed by atoms with Crippen LogP contribution in [0.25, 0.3) is 0 Å². The number of nitrogens with one attached hydrogen (secondary N) is 1. The van der Waals surface area contributed by atoms with Crippen molar-refractivity contribution >= 4 is 0 Å². The first-order valence-corrected chi connectivity index (χ1v) is 6.46. The van der Waals surface area contributed by atoms with Gasteiger partial charge in [0, 0.05) is 25.7 Å². The molecule has 0 saturated carbocycles. The van der Waals surface area contributed by atoms with E-state index in [2.05, 4.69) is 24.1 Å². The monoisotopic (exact) mass is 272 g/mol. The van der Waals surface area contributed by atoms with E-state index in [0.29, 0.717) is 12.6 Å². The average molecular weight is 272 g/mol. The summed E-state index contributed by atoms with van der Waals surface area (Å²) < 4.78 is 26.8. The van der Waals surface area contributed by atoms with Crippen molar-refractivity contribution in [2.45, 2.75) is 26.0 Å². The molecule has 0 saturated heterocycles. The second kappa shape index (κ2) is 7.53. The van der Waals surface area contributed by atoms with Crippen molar-refractivity contribution in [3.05, 3.63) is 35.4 Å². The van der Waals surface area contributed by atoms with Gasteiger partial charge < -0.3 is 15.3 Å². The highest BCUT2D eigenvalue weighted by Crippen LogP contribution is 2.19. The quantitative estimate of drug-likeness (QED) is 0.745. The zero-order valence-corrected chi connectivity index (χ0v) is 11.7. The highest BCUT2D eigenvalue weighted by Gasteiger charge is 2.17. The Bertz CT molecular complexity index is 379. The Morgan fingerprint density at radius 2 is 1.84 bits per heavy atom. The number of rotatable bonds is 7. The predicted octanol–water partition coefficient (Wildman–Crippen LogP) is 1.93. The molecule has 0 aliphatic carbocycles. The van der Waals surface area contributed by atoms with Crippen LogP contribution in [0.2, 0.25) is 0 Å². The summed E-state index contributed by atoms with van der Waals surface area (Å²) in [6, 6.07) is 4.02. The van der Waals surface area contributed by atoms with Gasteiger partial charge in [-0.15, -0.1) is 0 Å². The fourth-order valence-electron chi connectivity index (χ4n) is 1.68. The molecule has 0 spiro atoms. The summed E-state index contributed by atoms with van der Waals surface area (Å²) in [5.41, 5.74) is -0.271. The van der Waals surface area contributed by atoms with Crippen LogP contribution < -0.4 is 5.32 Å². The van der Waals surface area contributed by atoms with Gasteiger partial charge in [-0.05, 0) is 33.0 Å². The van der Waals surface area contributed by atoms with Gasteiger partial charge in [-0.1, -0.05) is 6.07 Å². The summed E-state index contributed by atoms with van der Waals surface area (Å²) >= 11 is 0. The van der Waals surface area contributed by atoms with Crippen LogP contribution in [0.1, 0.15) is 25.5 Å². The van der Waals surface area contributed by atoms with E-state index < -0.39 is 17.7 Å². The van der Waals surface area contributed by atoms with Gasteiger partial charge in [-0.3, -0.25) is 0 Å². The van der Waals surface area contributed by atoms with Crippen LogP contribution in [0, 0.1) is 11.6 Å². The van der Waals surface area contributed by atoms with E-state index in [1.807, 2.05) is 7.05 Å². The second-order valence-corrected chi connectivity index (χ2v) is 4.93. The molecule has 0 bridgehead atoms. The molecule has 5 heteroatoms. The van der Waals surface area contributed by atoms with Crippen molar-refractivity contribution in [3.63, 3.8) is 0 Å². The summed E-state index contributed by atoms with van der Waals surface area (Å²) in [6.45, 7) is 5.77. The standard InChI is InChI=1S/C14H22F2N2O/c1-10(2)18(3)8-7-17-9-13(19)14-11(15)5-4-6-12(14)16/h4-6,10,13,17,19H,7-9H2,1-3H3. The van der Waals surface area contributed by atoms with E-state index in [1.165, 1.54) is 6.07 Å². The van der Waals surface area contributed by atoms with Gasteiger partial charge in [0.05, 0.1) is 11.7 Å². The van der Waals surface area contributed by atoms with Crippen LogP contribution in [-0.2, 0) is 0 Å². The number of benzene rings is 1. The molecule has 1 aromatic carbocycles. The van der Waals surface area contributed by atoms with Crippen molar-refractivity contribution < 1.29 is 13.9 Å². The van der Waals surface area contributed by atoms with Gasteiger partial charge in [0.25, 0.3) is 0 Å². The molecule has 3 nitrogen and oxygen atoms in total. The predicted molar refractivity (Wildman–Crippen MR) is 72.0 cm³/mol. The summed E-state index contributed by atoms with van der Waals surface area (Å²) in [6.07, 6.45) is -1.18. The number of aliphatic hydroxyl groups excluding tert-OH is 1. The van der Waals surface area contributed by atoms with Crippen LogP contribution in [0.3, 0.4) is 0 Å². The molecule has 1 unspecified atom stereocenters. The van der Waals surface area contributed by atoms with Crippen molar-refractivity contribution in [1.29, 1.82) is 0 Å². The third-order valence-corrected chi connectivity index (χ3v) is 3.19. The van der Waals surface area contributed by atoms with Crippen molar-refractivity contribution in [2.24, 2.45) is 0 Å². The maximum absolute atomic E-state index is 13.4. The second-order valence-electron chi connectivity index (χ2n) is 4.93. The first-order chi connectivity index (χ1) is 8.93. The number of aliphatic hydroxyl groups is 1. The maximum atomic E-state index is 13.4. The van der Waals surface area contributed by atoms with E-state index in [9.17, 15) is 13.9 Å². The first kappa shape index (κ1) is 16.0. The fraction of sp³-hybridized carbons (Fsp3) is 0.571. The Kier molecular flexibility index (Phi) is 6.34.